The first-order valence-electron chi connectivity index (χ1n) is 5.43. The molecule has 7 heteroatoms. The highest BCUT2D eigenvalue weighted by atomic mass is 32.2. The van der Waals surface area contributed by atoms with Crippen LogP contribution in [0.5, 0.6) is 0 Å². The number of thioether (sulfide) groups is 1. The van der Waals surface area contributed by atoms with Crippen molar-refractivity contribution in [3.8, 4) is 6.07 Å². The predicted octanol–water partition coefficient (Wildman–Crippen LogP) is 2.53. The monoisotopic (exact) mass is 290 g/mol. The molecule has 0 fully saturated rings. The van der Waals surface area contributed by atoms with Gasteiger partial charge in [0.15, 0.2) is 4.34 Å². The van der Waals surface area contributed by atoms with E-state index < -0.39 is 0 Å². The number of hydrogen-bond acceptors (Lipinski definition) is 6. The van der Waals surface area contributed by atoms with Crippen LogP contribution in [0.25, 0.3) is 0 Å². The lowest BCUT2D eigenvalue weighted by Crippen LogP contribution is -2.22. The second kappa shape index (κ2) is 6.31. The Hall–Kier alpha value is -1.91. The minimum atomic E-state index is -0.261. The summed E-state index contributed by atoms with van der Waals surface area (Å²) in [5, 5.41) is 18.8. The number of nitriles is 1. The molecule has 0 spiro atoms. The lowest BCUT2D eigenvalue weighted by atomic mass is 10.2. The highest BCUT2D eigenvalue weighted by Crippen LogP contribution is 2.25. The number of nitrogens with zero attached hydrogens (tertiary/aromatic N) is 3. The molecule has 1 atom stereocenters. The minimum Gasteiger partial charge on any atom is -0.325 e. The number of aromatic nitrogens is 2. The van der Waals surface area contributed by atoms with Crippen LogP contribution in [0.15, 0.2) is 34.1 Å². The quantitative estimate of drug-likeness (QED) is 0.875. The molecular weight excluding hydrogens is 280 g/mol. The van der Waals surface area contributed by atoms with E-state index in [1.54, 1.807) is 29.8 Å². The molecule has 1 aromatic heterocycles. The van der Waals surface area contributed by atoms with Gasteiger partial charge in [-0.05, 0) is 31.2 Å². The van der Waals surface area contributed by atoms with E-state index in [0.717, 1.165) is 4.34 Å². The molecule has 0 aliphatic carbocycles. The molecular formula is C12H10N4OS2. The van der Waals surface area contributed by atoms with Crippen molar-refractivity contribution in [1.29, 1.82) is 5.26 Å². The molecule has 1 unspecified atom stereocenters. The summed E-state index contributed by atoms with van der Waals surface area (Å²) in [6, 6.07) is 8.77. The van der Waals surface area contributed by atoms with Gasteiger partial charge >= 0.3 is 0 Å². The van der Waals surface area contributed by atoms with E-state index >= 15 is 0 Å². The lowest BCUT2D eigenvalue weighted by Gasteiger charge is -2.10. The van der Waals surface area contributed by atoms with Gasteiger partial charge < -0.3 is 5.32 Å². The van der Waals surface area contributed by atoms with E-state index in [0.29, 0.717) is 11.3 Å². The molecule has 1 amide bonds. The average Bonchev–Trinajstić information content (AvgIpc) is 2.92. The molecule has 96 valence electrons. The molecule has 0 bridgehead atoms. The minimum absolute atomic E-state index is 0.107. The molecule has 2 rings (SSSR count). The Balaban J connectivity index is 1.94. The predicted molar refractivity (Wildman–Crippen MR) is 75.0 cm³/mol. The van der Waals surface area contributed by atoms with Crippen molar-refractivity contribution in [1.82, 2.24) is 10.2 Å². The Kier molecular flexibility index (Phi) is 4.49. The van der Waals surface area contributed by atoms with Gasteiger partial charge in [0, 0.05) is 5.69 Å². The maximum atomic E-state index is 12.0. The Morgan fingerprint density at radius 1 is 1.47 bits per heavy atom. The van der Waals surface area contributed by atoms with Gasteiger partial charge in [-0.2, -0.15) is 5.26 Å². The van der Waals surface area contributed by atoms with Crippen molar-refractivity contribution in [2.75, 3.05) is 5.32 Å². The number of carbonyl (C=O) groups excluding carboxylic acids is 1. The summed E-state index contributed by atoms with van der Waals surface area (Å²) in [5.41, 5.74) is 2.87. The summed E-state index contributed by atoms with van der Waals surface area (Å²) in [6.45, 7) is 1.81. The van der Waals surface area contributed by atoms with Crippen molar-refractivity contribution in [3.63, 3.8) is 0 Å². The van der Waals surface area contributed by atoms with Gasteiger partial charge in [-0.15, -0.1) is 10.2 Å². The highest BCUT2D eigenvalue weighted by Gasteiger charge is 2.16. The maximum absolute atomic E-state index is 12.0. The van der Waals surface area contributed by atoms with E-state index in [1.165, 1.54) is 23.1 Å². The molecule has 0 saturated heterocycles. The third-order valence-electron chi connectivity index (χ3n) is 2.27. The van der Waals surface area contributed by atoms with Crippen molar-refractivity contribution in [2.24, 2.45) is 0 Å². The van der Waals surface area contributed by atoms with Gasteiger partial charge in [0.25, 0.3) is 0 Å². The first kappa shape index (κ1) is 13.5. The normalized spacial score (nSPS) is 11.6. The van der Waals surface area contributed by atoms with E-state index in [9.17, 15) is 4.79 Å². The fourth-order valence-electron chi connectivity index (χ4n) is 1.29. The van der Waals surface area contributed by atoms with Gasteiger partial charge in [0.05, 0.1) is 16.9 Å². The number of nitrogens with one attached hydrogen (secondary N) is 1. The van der Waals surface area contributed by atoms with Gasteiger partial charge in [0.1, 0.15) is 5.51 Å². The fourth-order valence-corrected chi connectivity index (χ4v) is 2.92. The molecule has 0 aliphatic rings. The molecule has 0 radical (unpaired) electrons. The van der Waals surface area contributed by atoms with E-state index in [2.05, 4.69) is 15.5 Å². The number of carbonyl (C=O) groups is 1. The van der Waals surface area contributed by atoms with E-state index in [1.807, 2.05) is 13.0 Å². The number of amides is 1. The highest BCUT2D eigenvalue weighted by molar-refractivity contribution is 8.02. The maximum Gasteiger partial charge on any atom is 0.237 e. The second-order valence-electron chi connectivity index (χ2n) is 3.64. The third-order valence-corrected chi connectivity index (χ3v) is 4.18. The zero-order chi connectivity index (χ0) is 13.7. The Morgan fingerprint density at radius 2 is 2.21 bits per heavy atom. The molecule has 19 heavy (non-hydrogen) atoms. The lowest BCUT2D eigenvalue weighted by molar-refractivity contribution is -0.115. The van der Waals surface area contributed by atoms with Crippen LogP contribution in [-0.2, 0) is 4.79 Å². The van der Waals surface area contributed by atoms with Crippen molar-refractivity contribution in [3.05, 3.63) is 35.3 Å². The summed E-state index contributed by atoms with van der Waals surface area (Å²) in [4.78, 5) is 12.0. The van der Waals surface area contributed by atoms with Gasteiger partial charge in [-0.25, -0.2) is 0 Å². The number of hydrogen-bond donors (Lipinski definition) is 1. The Labute approximate surface area is 118 Å². The first-order chi connectivity index (χ1) is 9.19. The molecule has 1 N–H and O–H groups in total. The summed E-state index contributed by atoms with van der Waals surface area (Å²) >= 11 is 2.77. The molecule has 5 nitrogen and oxygen atoms in total. The average molecular weight is 290 g/mol. The molecule has 2 aromatic rings. The fraction of sp³-hybridized carbons (Fsp3) is 0.167. The van der Waals surface area contributed by atoms with Crippen LogP contribution in [0.2, 0.25) is 0 Å². The van der Waals surface area contributed by atoms with Crippen LogP contribution in [0.4, 0.5) is 5.69 Å². The van der Waals surface area contributed by atoms with Crippen LogP contribution < -0.4 is 5.32 Å². The van der Waals surface area contributed by atoms with Crippen LogP contribution in [0.3, 0.4) is 0 Å². The van der Waals surface area contributed by atoms with E-state index in [4.69, 9.17) is 5.26 Å². The Morgan fingerprint density at radius 3 is 2.79 bits per heavy atom. The van der Waals surface area contributed by atoms with Gasteiger partial charge in [-0.3, -0.25) is 4.79 Å². The second-order valence-corrected chi connectivity index (χ2v) is 6.06. The first-order valence-corrected chi connectivity index (χ1v) is 7.19. The van der Waals surface area contributed by atoms with Crippen LogP contribution in [0.1, 0.15) is 12.5 Å². The third kappa shape index (κ3) is 3.77. The standard InChI is InChI=1S/C12H10N4OS2/c1-8(19-12-16-14-7-18-12)11(17)15-10-4-2-9(6-13)3-5-10/h2-5,7-8H,1H3,(H,15,17). The zero-order valence-corrected chi connectivity index (χ0v) is 11.7. The largest absolute Gasteiger partial charge is 0.325 e. The molecule has 0 saturated carbocycles. The SMILES string of the molecule is CC(Sc1nncs1)C(=O)Nc1ccc(C#N)cc1. The van der Waals surface area contributed by atoms with Crippen molar-refractivity contribution >= 4 is 34.7 Å². The molecule has 1 aromatic carbocycles. The molecule has 1 heterocycles. The van der Waals surface area contributed by atoms with Gasteiger partial charge in [0.2, 0.25) is 5.91 Å². The number of anilines is 1. The van der Waals surface area contributed by atoms with Crippen LogP contribution in [0, 0.1) is 11.3 Å². The summed E-state index contributed by atoms with van der Waals surface area (Å²) in [5.74, 6) is -0.107. The number of benzene rings is 1. The summed E-state index contributed by atoms with van der Waals surface area (Å²) in [6.07, 6.45) is 0. The van der Waals surface area contributed by atoms with Crippen LogP contribution >= 0.6 is 23.1 Å². The smallest absolute Gasteiger partial charge is 0.237 e. The molecule has 0 aliphatic heterocycles. The van der Waals surface area contributed by atoms with Gasteiger partial charge in [-0.1, -0.05) is 23.1 Å². The van der Waals surface area contributed by atoms with E-state index in [-0.39, 0.29) is 11.2 Å². The number of rotatable bonds is 4. The van der Waals surface area contributed by atoms with Crippen LogP contribution in [-0.4, -0.2) is 21.4 Å². The van der Waals surface area contributed by atoms with Crippen molar-refractivity contribution in [2.45, 2.75) is 16.5 Å². The summed E-state index contributed by atoms with van der Waals surface area (Å²) < 4.78 is 0.766. The Bertz CT molecular complexity index is 589. The summed E-state index contributed by atoms with van der Waals surface area (Å²) in [7, 11) is 0. The van der Waals surface area contributed by atoms with Crippen molar-refractivity contribution < 1.29 is 4.79 Å². The zero-order valence-electron chi connectivity index (χ0n) is 10.0. The topological polar surface area (TPSA) is 78.7 Å².